The normalized spacial score (nSPS) is 9.00. The van der Waals surface area contributed by atoms with E-state index in [1.165, 1.54) is 11.8 Å². The Hall–Kier alpha value is -1.06. The lowest BCUT2D eigenvalue weighted by Crippen LogP contribution is -2.26. The van der Waals surface area contributed by atoms with E-state index >= 15 is 0 Å². The Bertz CT molecular complexity index is 145. The largest absolute Gasteiger partial charge is 0.345 e. The van der Waals surface area contributed by atoms with Gasteiger partial charge in [-0.3, -0.25) is 15.3 Å². The minimum Gasteiger partial charge on any atom is -0.345 e. The molecule has 0 fully saturated rings. The molecule has 1 N–H and O–H groups in total. The molecule has 57 valence electrons. The van der Waals surface area contributed by atoms with Crippen LogP contribution < -0.4 is 5.73 Å². The summed E-state index contributed by atoms with van der Waals surface area (Å²) in [6.45, 7) is 1.77. The molecule has 0 aliphatic rings. The Morgan fingerprint density at radius 3 is 2.30 bits per heavy atom. The highest BCUT2D eigenvalue weighted by molar-refractivity contribution is 5.75. The van der Waals surface area contributed by atoms with E-state index in [0.29, 0.717) is 6.54 Å². The predicted molar refractivity (Wildman–Crippen MR) is 36.0 cm³/mol. The maximum Gasteiger partial charge on any atom is 0.240 e. The molecule has 4 heteroatoms. The number of amides is 2. The van der Waals surface area contributed by atoms with Gasteiger partial charge in [-0.05, 0) is 0 Å². The van der Waals surface area contributed by atoms with E-state index in [1.807, 2.05) is 0 Å². The second-order valence-corrected chi connectivity index (χ2v) is 2.11. The molecule has 0 bridgehead atoms. The number of nitrogens with zero attached hydrogens (tertiary/aromatic N) is 1. The van der Waals surface area contributed by atoms with Crippen LogP contribution in [0, 0.1) is 0 Å². The van der Waals surface area contributed by atoms with Crippen LogP contribution in [-0.4, -0.2) is 30.3 Å². The van der Waals surface area contributed by atoms with Gasteiger partial charge in [-0.1, -0.05) is 0 Å². The number of rotatable bonds is 3. The Balaban J connectivity index is 3.49. The summed E-state index contributed by atoms with van der Waals surface area (Å²) in [5.41, 5.74) is 6.54. The smallest absolute Gasteiger partial charge is 0.240 e. The molecule has 0 saturated carbocycles. The van der Waals surface area contributed by atoms with Gasteiger partial charge in [-0.15, -0.1) is 0 Å². The van der Waals surface area contributed by atoms with Gasteiger partial charge in [0.1, 0.15) is 0 Å². The number of nitrogens with one attached hydrogen (secondary N) is 1. The minimum absolute atomic E-state index is 0.0822. The summed E-state index contributed by atoms with van der Waals surface area (Å²) >= 11 is 0. The number of hydrogen-bond donors (Lipinski definition) is 0. The monoisotopic (exact) mass is 143 g/mol. The molecule has 2 amide bonds. The second kappa shape index (κ2) is 3.87. The fraction of sp³-hybridized carbons (Fsp3) is 0.667. The molecule has 0 aliphatic carbocycles. The zero-order chi connectivity index (χ0) is 8.15. The van der Waals surface area contributed by atoms with Crippen LogP contribution in [0.2, 0.25) is 0 Å². The van der Waals surface area contributed by atoms with Gasteiger partial charge >= 0.3 is 0 Å². The molecule has 0 aromatic heterocycles. The van der Waals surface area contributed by atoms with Crippen molar-refractivity contribution in [2.75, 3.05) is 13.6 Å². The van der Waals surface area contributed by atoms with Gasteiger partial charge in [-0.2, -0.15) is 0 Å². The Morgan fingerprint density at radius 2 is 2.00 bits per heavy atom. The van der Waals surface area contributed by atoms with Crippen molar-refractivity contribution >= 4 is 11.8 Å². The lowest BCUT2D eigenvalue weighted by molar-refractivity contribution is -0.128. The minimum atomic E-state index is -0.631. The summed E-state index contributed by atoms with van der Waals surface area (Å²) in [6, 6.07) is 0. The van der Waals surface area contributed by atoms with Crippen LogP contribution in [0.1, 0.15) is 13.3 Å². The van der Waals surface area contributed by atoms with E-state index in [-0.39, 0.29) is 12.3 Å². The van der Waals surface area contributed by atoms with E-state index in [2.05, 4.69) is 0 Å². The number of hydrogen-bond acceptors (Lipinski definition) is 2. The van der Waals surface area contributed by atoms with Crippen molar-refractivity contribution in [3.63, 3.8) is 0 Å². The van der Waals surface area contributed by atoms with Crippen LogP contribution in [0.3, 0.4) is 0 Å². The van der Waals surface area contributed by atoms with Gasteiger partial charge in [-0.25, -0.2) is 0 Å². The second-order valence-electron chi connectivity index (χ2n) is 2.11. The van der Waals surface area contributed by atoms with Crippen LogP contribution in [0.25, 0.3) is 0 Å². The van der Waals surface area contributed by atoms with Gasteiger partial charge in [0.2, 0.25) is 11.8 Å². The van der Waals surface area contributed by atoms with Crippen molar-refractivity contribution in [2.24, 2.45) is 0 Å². The first-order chi connectivity index (χ1) is 4.54. The summed E-state index contributed by atoms with van der Waals surface area (Å²) in [5, 5.41) is 0. The first-order valence-electron chi connectivity index (χ1n) is 3.00. The van der Waals surface area contributed by atoms with Crippen LogP contribution in [0.4, 0.5) is 0 Å². The quantitative estimate of drug-likeness (QED) is 0.542. The van der Waals surface area contributed by atoms with Gasteiger partial charge in [0, 0.05) is 26.9 Å². The topological polar surface area (TPSA) is 61.2 Å². The lowest BCUT2D eigenvalue weighted by atomic mass is 10.4. The van der Waals surface area contributed by atoms with Gasteiger partial charge in [0.15, 0.2) is 0 Å². The molecule has 0 atom stereocenters. The maximum atomic E-state index is 10.5. The van der Waals surface area contributed by atoms with Crippen molar-refractivity contribution < 1.29 is 9.59 Å². The summed E-state index contributed by atoms with van der Waals surface area (Å²) in [5.74, 6) is -0.714. The van der Waals surface area contributed by atoms with Crippen LogP contribution >= 0.6 is 0 Å². The average molecular weight is 143 g/mol. The lowest BCUT2D eigenvalue weighted by Gasteiger charge is -2.12. The van der Waals surface area contributed by atoms with Crippen molar-refractivity contribution in [3.05, 3.63) is 0 Å². The third kappa shape index (κ3) is 3.88. The molecular weight excluding hydrogens is 132 g/mol. The van der Waals surface area contributed by atoms with Crippen molar-refractivity contribution in [3.8, 4) is 0 Å². The molecule has 10 heavy (non-hydrogen) atoms. The Morgan fingerprint density at radius 1 is 1.50 bits per heavy atom. The van der Waals surface area contributed by atoms with Gasteiger partial charge < -0.3 is 4.90 Å². The summed E-state index contributed by atoms with van der Waals surface area (Å²) in [6.07, 6.45) is 0.121. The standard InChI is InChI=1S/C6H11N2O2/c1-5(9)8(2)4-3-6(7)10/h7H,3-4H2,1-2H3. The van der Waals surface area contributed by atoms with Crippen LogP contribution in [0.5, 0.6) is 0 Å². The molecule has 4 nitrogen and oxygen atoms in total. The molecule has 0 saturated heterocycles. The van der Waals surface area contributed by atoms with Crippen molar-refractivity contribution in [2.45, 2.75) is 13.3 Å². The highest BCUT2D eigenvalue weighted by Crippen LogP contribution is 1.86. The zero-order valence-corrected chi connectivity index (χ0v) is 6.18. The van der Waals surface area contributed by atoms with E-state index in [4.69, 9.17) is 5.73 Å². The SMILES string of the molecule is CC(=O)N(C)CCC([NH])=O. The number of carbonyl (C=O) groups excluding carboxylic acids is 2. The zero-order valence-electron chi connectivity index (χ0n) is 6.18. The average Bonchev–Trinajstić information content (AvgIpc) is 1.82. The van der Waals surface area contributed by atoms with Crippen molar-refractivity contribution in [1.29, 1.82) is 0 Å². The molecule has 0 rings (SSSR count). The third-order valence-corrected chi connectivity index (χ3v) is 1.21. The molecule has 0 unspecified atom stereocenters. The molecule has 1 radical (unpaired) electrons. The first-order valence-corrected chi connectivity index (χ1v) is 3.00. The Labute approximate surface area is 60.0 Å². The maximum absolute atomic E-state index is 10.5. The molecule has 0 aromatic rings. The van der Waals surface area contributed by atoms with E-state index < -0.39 is 5.91 Å². The summed E-state index contributed by atoms with van der Waals surface area (Å²) < 4.78 is 0. The Kier molecular flexibility index (Phi) is 3.46. The highest BCUT2D eigenvalue weighted by Gasteiger charge is 2.02. The molecule has 0 aliphatic heterocycles. The summed E-state index contributed by atoms with van der Waals surface area (Å²) in [4.78, 5) is 22.0. The van der Waals surface area contributed by atoms with Crippen molar-refractivity contribution in [1.82, 2.24) is 10.6 Å². The third-order valence-electron chi connectivity index (χ3n) is 1.21. The first kappa shape index (κ1) is 8.94. The summed E-state index contributed by atoms with van der Waals surface area (Å²) in [7, 11) is 1.60. The fourth-order valence-electron chi connectivity index (χ4n) is 0.427. The number of carbonyl (C=O) groups is 2. The fourth-order valence-corrected chi connectivity index (χ4v) is 0.427. The highest BCUT2D eigenvalue weighted by atomic mass is 16.2. The van der Waals surface area contributed by atoms with Crippen LogP contribution in [0.15, 0.2) is 0 Å². The van der Waals surface area contributed by atoms with Gasteiger partial charge in [0.05, 0.1) is 0 Å². The molecule has 0 heterocycles. The van der Waals surface area contributed by atoms with Crippen LogP contribution in [-0.2, 0) is 9.59 Å². The van der Waals surface area contributed by atoms with E-state index in [9.17, 15) is 9.59 Å². The predicted octanol–water partition coefficient (Wildman–Crippen LogP) is -0.336. The molecular formula is C6H11N2O2. The molecule has 0 aromatic carbocycles. The van der Waals surface area contributed by atoms with E-state index in [0.717, 1.165) is 0 Å². The van der Waals surface area contributed by atoms with Gasteiger partial charge in [0.25, 0.3) is 0 Å². The van der Waals surface area contributed by atoms with E-state index in [1.54, 1.807) is 7.05 Å². The molecule has 0 spiro atoms.